The first kappa shape index (κ1) is 11.0. The summed E-state index contributed by atoms with van der Waals surface area (Å²) in [7, 11) is 0. The molecule has 5 nitrogen and oxygen atoms in total. The van der Waals surface area contributed by atoms with Gasteiger partial charge in [0.25, 0.3) is 0 Å². The number of hydrogen-bond donors (Lipinski definition) is 0. The first-order valence-corrected chi connectivity index (χ1v) is 4.33. The molecule has 15 heavy (non-hydrogen) atoms. The van der Waals surface area contributed by atoms with E-state index in [1.165, 1.54) is 0 Å². The Labute approximate surface area is 86.6 Å². The molecule has 0 aliphatic heterocycles. The molecule has 1 aromatic carbocycles. The van der Waals surface area contributed by atoms with Crippen molar-refractivity contribution in [1.29, 1.82) is 0 Å². The Kier molecular flexibility index (Phi) is 3.68. The zero-order valence-electron chi connectivity index (χ0n) is 8.16. The minimum Gasteiger partial charge on any atom is -0.295 e. The molecule has 0 saturated heterocycles. The molecular formula is C10H10N2O3. The van der Waals surface area contributed by atoms with Gasteiger partial charge in [0.2, 0.25) is 0 Å². The fourth-order valence-corrected chi connectivity index (χ4v) is 1.00. The summed E-state index contributed by atoms with van der Waals surface area (Å²) in [6.07, 6.45) is 1.29. The highest BCUT2D eigenvalue weighted by Crippen LogP contribution is 2.16. The summed E-state index contributed by atoms with van der Waals surface area (Å²) < 4.78 is 0. The van der Waals surface area contributed by atoms with Gasteiger partial charge in [-0.3, -0.25) is 19.9 Å². The third kappa shape index (κ3) is 2.98. The number of benzene rings is 1. The van der Waals surface area contributed by atoms with Gasteiger partial charge in [0, 0.05) is 4.92 Å². The number of aldehydes is 1. The van der Waals surface area contributed by atoms with Gasteiger partial charge in [0.1, 0.15) is 0 Å². The molecule has 0 spiro atoms. The van der Waals surface area contributed by atoms with Crippen LogP contribution in [0.1, 0.15) is 5.56 Å². The van der Waals surface area contributed by atoms with Crippen LogP contribution in [0.25, 0.3) is 0 Å². The molecule has 0 saturated carbocycles. The van der Waals surface area contributed by atoms with Crippen molar-refractivity contribution in [3.63, 3.8) is 0 Å². The number of hydrogen-bond acceptors (Lipinski definition) is 4. The highest BCUT2D eigenvalue weighted by Gasteiger charge is 2.14. The van der Waals surface area contributed by atoms with Gasteiger partial charge < -0.3 is 0 Å². The molecule has 0 aliphatic carbocycles. The minimum absolute atomic E-state index is 0.252. The molecule has 0 aromatic heterocycles. The van der Waals surface area contributed by atoms with Gasteiger partial charge in [-0.2, -0.15) is 0 Å². The Hall–Kier alpha value is -2.04. The topological polar surface area (TPSA) is 72.6 Å². The van der Waals surface area contributed by atoms with Crippen LogP contribution in [0.3, 0.4) is 0 Å². The second-order valence-electron chi connectivity index (χ2n) is 2.98. The van der Waals surface area contributed by atoms with Crippen LogP contribution >= 0.6 is 0 Å². The van der Waals surface area contributed by atoms with Gasteiger partial charge in [-0.1, -0.05) is 18.2 Å². The van der Waals surface area contributed by atoms with Crippen molar-refractivity contribution in [2.24, 2.45) is 4.99 Å². The van der Waals surface area contributed by atoms with E-state index in [4.69, 9.17) is 0 Å². The lowest BCUT2D eigenvalue weighted by Crippen LogP contribution is -2.22. The second-order valence-corrected chi connectivity index (χ2v) is 2.98. The first-order chi connectivity index (χ1) is 7.15. The molecule has 78 valence electrons. The van der Waals surface area contributed by atoms with Crippen molar-refractivity contribution in [1.82, 2.24) is 0 Å². The Bertz CT molecular complexity index is 401. The second kappa shape index (κ2) is 4.99. The molecule has 1 rings (SSSR count). The smallest absolute Gasteiger partial charge is 0.295 e. The quantitative estimate of drug-likeness (QED) is 0.324. The van der Waals surface area contributed by atoms with E-state index in [1.807, 2.05) is 19.1 Å². The third-order valence-electron chi connectivity index (χ3n) is 1.86. The largest absolute Gasteiger partial charge is 0.302 e. The van der Waals surface area contributed by atoms with E-state index in [0.717, 1.165) is 11.8 Å². The molecule has 0 aliphatic rings. The third-order valence-corrected chi connectivity index (χ3v) is 1.86. The van der Waals surface area contributed by atoms with E-state index >= 15 is 0 Å². The Morgan fingerprint density at radius 2 is 2.13 bits per heavy atom. The summed E-state index contributed by atoms with van der Waals surface area (Å²) >= 11 is 0. The van der Waals surface area contributed by atoms with Crippen LogP contribution in [0.2, 0.25) is 0 Å². The molecular weight excluding hydrogens is 196 g/mol. The molecule has 1 atom stereocenters. The van der Waals surface area contributed by atoms with E-state index in [1.54, 1.807) is 12.1 Å². The van der Waals surface area contributed by atoms with Gasteiger partial charge in [0.15, 0.2) is 6.29 Å². The number of carbonyl (C=O) groups excluding carboxylic acids is 1. The number of rotatable bonds is 4. The van der Waals surface area contributed by atoms with Crippen LogP contribution in [0.5, 0.6) is 0 Å². The van der Waals surface area contributed by atoms with Crippen LogP contribution in [0.4, 0.5) is 5.69 Å². The predicted octanol–water partition coefficient (Wildman–Crippen LogP) is 1.54. The molecule has 0 fully saturated rings. The Balaban J connectivity index is 2.85. The fourth-order valence-electron chi connectivity index (χ4n) is 1.00. The normalized spacial score (nSPS) is 12.6. The van der Waals surface area contributed by atoms with E-state index in [0.29, 0.717) is 5.69 Å². The number of nitrogens with zero attached hydrogens (tertiary/aromatic N) is 2. The summed E-state index contributed by atoms with van der Waals surface area (Å²) in [5.74, 6) is 0. The average molecular weight is 206 g/mol. The van der Waals surface area contributed by atoms with Crippen molar-refractivity contribution in [3.8, 4) is 0 Å². The van der Waals surface area contributed by atoms with Crippen LogP contribution in [0.15, 0.2) is 29.3 Å². The van der Waals surface area contributed by atoms with Gasteiger partial charge in [-0.25, -0.2) is 0 Å². The number of aryl methyl sites for hydroxylation is 1. The summed E-state index contributed by atoms with van der Waals surface area (Å²) in [5.41, 5.74) is 1.54. The lowest BCUT2D eigenvalue weighted by Gasteiger charge is -1.98. The molecule has 0 N–H and O–H groups in total. The van der Waals surface area contributed by atoms with E-state index in [9.17, 15) is 14.9 Å². The number of nitro groups is 1. The zero-order chi connectivity index (χ0) is 11.3. The van der Waals surface area contributed by atoms with Crippen LogP contribution in [-0.4, -0.2) is 23.5 Å². The first-order valence-electron chi connectivity index (χ1n) is 4.33. The monoisotopic (exact) mass is 206 g/mol. The van der Waals surface area contributed by atoms with E-state index in [-0.39, 0.29) is 6.29 Å². The zero-order valence-corrected chi connectivity index (χ0v) is 8.16. The highest BCUT2D eigenvalue weighted by atomic mass is 16.6. The molecule has 0 bridgehead atoms. The lowest BCUT2D eigenvalue weighted by molar-refractivity contribution is -0.485. The summed E-state index contributed by atoms with van der Waals surface area (Å²) in [6, 6.07) is 5.83. The molecule has 1 aromatic rings. The van der Waals surface area contributed by atoms with Gasteiger partial charge >= 0.3 is 6.04 Å². The van der Waals surface area contributed by atoms with Gasteiger partial charge in [-0.15, -0.1) is 0 Å². The number of aliphatic imine (C=N–C) groups is 1. The number of carbonyl (C=O) groups is 1. The molecule has 0 radical (unpaired) electrons. The van der Waals surface area contributed by atoms with Crippen molar-refractivity contribution in [2.45, 2.75) is 13.0 Å². The van der Waals surface area contributed by atoms with Gasteiger partial charge in [0.05, 0.1) is 11.9 Å². The summed E-state index contributed by atoms with van der Waals surface area (Å²) in [4.78, 5) is 23.9. The molecule has 5 heteroatoms. The standard InChI is InChI=1S/C10H10N2O3/c1-8-4-2-3-5-10(8)11-6-9(7-13)12(14)15/h2-7,9H,1H3/t9-/m1/s1. The summed E-state index contributed by atoms with van der Waals surface area (Å²) in [5, 5.41) is 10.3. The molecule has 0 heterocycles. The van der Waals surface area contributed by atoms with Crippen molar-refractivity contribution in [2.75, 3.05) is 0 Å². The average Bonchev–Trinajstić information content (AvgIpc) is 2.21. The Morgan fingerprint density at radius 3 is 2.67 bits per heavy atom. The molecule has 0 amide bonds. The van der Waals surface area contributed by atoms with E-state index in [2.05, 4.69) is 4.99 Å². The number of para-hydroxylation sites is 1. The van der Waals surface area contributed by atoms with Crippen LogP contribution in [-0.2, 0) is 4.79 Å². The highest BCUT2D eigenvalue weighted by molar-refractivity contribution is 5.85. The van der Waals surface area contributed by atoms with Gasteiger partial charge in [-0.05, 0) is 18.6 Å². The molecule has 0 unspecified atom stereocenters. The SMILES string of the molecule is Cc1ccccc1N=C[C@H](C=O)[N+](=O)[O-]. The van der Waals surface area contributed by atoms with Crippen molar-refractivity contribution < 1.29 is 9.72 Å². The van der Waals surface area contributed by atoms with E-state index < -0.39 is 11.0 Å². The maximum atomic E-state index is 10.3. The van der Waals surface area contributed by atoms with Crippen molar-refractivity contribution in [3.05, 3.63) is 39.9 Å². The Morgan fingerprint density at radius 1 is 1.47 bits per heavy atom. The maximum Gasteiger partial charge on any atom is 0.302 e. The van der Waals surface area contributed by atoms with Crippen LogP contribution < -0.4 is 0 Å². The fraction of sp³-hybridized carbons (Fsp3) is 0.200. The van der Waals surface area contributed by atoms with Crippen LogP contribution in [0, 0.1) is 17.0 Å². The van der Waals surface area contributed by atoms with Crippen molar-refractivity contribution >= 4 is 18.2 Å². The minimum atomic E-state index is -1.37. The predicted molar refractivity (Wildman–Crippen MR) is 56.2 cm³/mol. The maximum absolute atomic E-state index is 10.3. The summed E-state index contributed by atoms with van der Waals surface area (Å²) in [6.45, 7) is 1.84. The lowest BCUT2D eigenvalue weighted by atomic mass is 10.2.